The number of hydrogen-bond donors (Lipinski definition) is 1. The SMILES string of the molecule is Cc1ccc([N+](=O)[O-])cc1NC(=O)COC(=O)c1c(C)nn(Cc2ccccc2)c1C. The van der Waals surface area contributed by atoms with Gasteiger partial charge >= 0.3 is 5.97 Å². The smallest absolute Gasteiger partial charge is 0.342 e. The van der Waals surface area contributed by atoms with Crippen molar-refractivity contribution < 1.29 is 19.2 Å². The van der Waals surface area contributed by atoms with Gasteiger partial charge in [-0.15, -0.1) is 0 Å². The van der Waals surface area contributed by atoms with E-state index in [1.165, 1.54) is 18.2 Å². The number of aryl methyl sites for hydroxylation is 2. The summed E-state index contributed by atoms with van der Waals surface area (Å²) in [5.74, 6) is -1.25. The number of aromatic nitrogens is 2. The van der Waals surface area contributed by atoms with E-state index >= 15 is 0 Å². The summed E-state index contributed by atoms with van der Waals surface area (Å²) >= 11 is 0. The highest BCUT2D eigenvalue weighted by molar-refractivity contribution is 5.97. The van der Waals surface area contributed by atoms with Crippen LogP contribution in [0.1, 0.15) is 32.9 Å². The number of carbonyl (C=O) groups is 2. The van der Waals surface area contributed by atoms with Crippen LogP contribution in [0.25, 0.3) is 0 Å². The summed E-state index contributed by atoms with van der Waals surface area (Å²) in [6.45, 7) is 5.17. The van der Waals surface area contributed by atoms with Crippen LogP contribution in [-0.2, 0) is 16.1 Å². The molecule has 0 bridgehead atoms. The van der Waals surface area contributed by atoms with Gasteiger partial charge in [-0.1, -0.05) is 36.4 Å². The van der Waals surface area contributed by atoms with Gasteiger partial charge in [0.05, 0.1) is 28.5 Å². The van der Waals surface area contributed by atoms with Crippen LogP contribution in [0.15, 0.2) is 48.5 Å². The summed E-state index contributed by atoms with van der Waals surface area (Å²) in [6.07, 6.45) is 0. The molecule has 0 fully saturated rings. The zero-order chi connectivity index (χ0) is 22.5. The van der Waals surface area contributed by atoms with Crippen LogP contribution in [0.2, 0.25) is 0 Å². The third kappa shape index (κ3) is 5.13. The van der Waals surface area contributed by atoms with Crippen molar-refractivity contribution in [3.8, 4) is 0 Å². The minimum absolute atomic E-state index is 0.144. The number of esters is 1. The molecule has 2 aromatic carbocycles. The lowest BCUT2D eigenvalue weighted by Crippen LogP contribution is -2.22. The molecular weight excluding hydrogens is 400 g/mol. The van der Waals surface area contributed by atoms with E-state index in [1.807, 2.05) is 30.3 Å². The van der Waals surface area contributed by atoms with Gasteiger partial charge in [-0.2, -0.15) is 5.10 Å². The summed E-state index contributed by atoms with van der Waals surface area (Å²) in [7, 11) is 0. The van der Waals surface area contributed by atoms with E-state index < -0.39 is 23.4 Å². The Morgan fingerprint density at radius 2 is 1.84 bits per heavy atom. The lowest BCUT2D eigenvalue weighted by molar-refractivity contribution is -0.384. The standard InChI is InChI=1S/C22H22N4O5/c1-14-9-10-18(26(29)30)11-19(14)23-20(27)13-31-22(28)21-15(2)24-25(16(21)3)12-17-7-5-4-6-8-17/h4-11H,12-13H2,1-3H3,(H,23,27). The molecule has 0 aliphatic heterocycles. The predicted octanol–water partition coefficient (Wildman–Crippen LogP) is 3.56. The summed E-state index contributed by atoms with van der Waals surface area (Å²) < 4.78 is 6.88. The number of hydrogen-bond acceptors (Lipinski definition) is 6. The van der Waals surface area contributed by atoms with Crippen LogP contribution in [0.4, 0.5) is 11.4 Å². The van der Waals surface area contributed by atoms with Crippen LogP contribution in [0, 0.1) is 30.9 Å². The Labute approximate surface area is 178 Å². The minimum atomic E-state index is -0.653. The first-order chi connectivity index (χ1) is 14.8. The third-order valence-corrected chi connectivity index (χ3v) is 4.80. The van der Waals surface area contributed by atoms with E-state index in [2.05, 4.69) is 10.4 Å². The van der Waals surface area contributed by atoms with Gasteiger partial charge < -0.3 is 10.1 Å². The summed E-state index contributed by atoms with van der Waals surface area (Å²) in [6, 6.07) is 13.9. The molecule has 1 N–H and O–H groups in total. The highest BCUT2D eigenvalue weighted by Gasteiger charge is 2.21. The maximum atomic E-state index is 12.6. The van der Waals surface area contributed by atoms with Gasteiger partial charge in [-0.25, -0.2) is 4.79 Å². The molecule has 3 rings (SSSR count). The average Bonchev–Trinajstić information content (AvgIpc) is 3.01. The lowest BCUT2D eigenvalue weighted by Gasteiger charge is -2.09. The molecule has 0 unspecified atom stereocenters. The number of benzene rings is 2. The van der Waals surface area contributed by atoms with E-state index in [0.29, 0.717) is 34.7 Å². The molecule has 0 spiro atoms. The molecule has 0 saturated carbocycles. The van der Waals surface area contributed by atoms with Crippen molar-refractivity contribution >= 4 is 23.3 Å². The summed E-state index contributed by atoms with van der Waals surface area (Å²) in [5.41, 5.74) is 3.30. The number of non-ortho nitro benzene ring substituents is 1. The molecule has 1 amide bonds. The molecule has 0 radical (unpaired) electrons. The number of nitrogens with zero attached hydrogens (tertiary/aromatic N) is 3. The van der Waals surface area contributed by atoms with Gasteiger partial charge in [0.1, 0.15) is 5.56 Å². The first-order valence-corrected chi connectivity index (χ1v) is 9.56. The second-order valence-electron chi connectivity index (χ2n) is 7.07. The fourth-order valence-electron chi connectivity index (χ4n) is 3.15. The number of amides is 1. The Bertz CT molecular complexity index is 1140. The second-order valence-corrected chi connectivity index (χ2v) is 7.07. The van der Waals surface area contributed by atoms with Gasteiger partial charge in [-0.05, 0) is 31.9 Å². The zero-order valence-electron chi connectivity index (χ0n) is 17.4. The Kier molecular flexibility index (Phi) is 6.44. The fourth-order valence-corrected chi connectivity index (χ4v) is 3.15. The number of nitro groups is 1. The lowest BCUT2D eigenvalue weighted by atomic mass is 10.2. The van der Waals surface area contributed by atoms with Crippen molar-refractivity contribution in [3.05, 3.63) is 86.7 Å². The number of nitro benzene ring substituents is 1. The molecule has 160 valence electrons. The Morgan fingerprint density at radius 1 is 1.13 bits per heavy atom. The number of carbonyl (C=O) groups excluding carboxylic acids is 2. The van der Waals surface area contributed by atoms with Crippen molar-refractivity contribution in [2.24, 2.45) is 0 Å². The molecule has 1 aromatic heterocycles. The summed E-state index contributed by atoms with van der Waals surface area (Å²) in [4.78, 5) is 35.2. The number of rotatable bonds is 7. The Balaban J connectivity index is 1.65. The third-order valence-electron chi connectivity index (χ3n) is 4.80. The topological polar surface area (TPSA) is 116 Å². The number of ether oxygens (including phenoxy) is 1. The van der Waals surface area contributed by atoms with E-state index in [0.717, 1.165) is 5.56 Å². The van der Waals surface area contributed by atoms with Crippen molar-refractivity contribution in [1.82, 2.24) is 9.78 Å². The zero-order valence-corrected chi connectivity index (χ0v) is 17.4. The predicted molar refractivity (Wildman–Crippen MR) is 114 cm³/mol. The largest absolute Gasteiger partial charge is 0.452 e. The molecule has 0 saturated heterocycles. The highest BCUT2D eigenvalue weighted by Crippen LogP contribution is 2.22. The van der Waals surface area contributed by atoms with E-state index in [1.54, 1.807) is 25.5 Å². The first-order valence-electron chi connectivity index (χ1n) is 9.56. The molecule has 0 aliphatic carbocycles. The van der Waals surface area contributed by atoms with Gasteiger partial charge in [0.2, 0.25) is 0 Å². The van der Waals surface area contributed by atoms with Crippen molar-refractivity contribution in [2.45, 2.75) is 27.3 Å². The van der Waals surface area contributed by atoms with Gasteiger partial charge in [-0.3, -0.25) is 19.6 Å². The number of nitrogens with one attached hydrogen (secondary N) is 1. The van der Waals surface area contributed by atoms with Gasteiger partial charge in [0, 0.05) is 12.1 Å². The monoisotopic (exact) mass is 422 g/mol. The molecule has 31 heavy (non-hydrogen) atoms. The van der Waals surface area contributed by atoms with Crippen LogP contribution < -0.4 is 5.32 Å². The average molecular weight is 422 g/mol. The second kappa shape index (κ2) is 9.21. The Morgan fingerprint density at radius 3 is 2.52 bits per heavy atom. The van der Waals surface area contributed by atoms with Crippen LogP contribution in [0.5, 0.6) is 0 Å². The molecular formula is C22H22N4O5. The van der Waals surface area contributed by atoms with Gasteiger partial charge in [0.15, 0.2) is 6.61 Å². The molecule has 9 heteroatoms. The Hall–Kier alpha value is -4.01. The molecule has 0 aliphatic rings. The van der Waals surface area contributed by atoms with Crippen LogP contribution in [0.3, 0.4) is 0 Å². The normalized spacial score (nSPS) is 10.5. The van der Waals surface area contributed by atoms with Crippen molar-refractivity contribution in [2.75, 3.05) is 11.9 Å². The van der Waals surface area contributed by atoms with Gasteiger partial charge in [0.25, 0.3) is 11.6 Å². The van der Waals surface area contributed by atoms with E-state index in [4.69, 9.17) is 4.74 Å². The maximum Gasteiger partial charge on any atom is 0.342 e. The molecule has 3 aromatic rings. The van der Waals surface area contributed by atoms with Crippen molar-refractivity contribution in [3.63, 3.8) is 0 Å². The van der Waals surface area contributed by atoms with Crippen LogP contribution >= 0.6 is 0 Å². The minimum Gasteiger partial charge on any atom is -0.452 e. The molecule has 1 heterocycles. The fraction of sp³-hybridized carbons (Fsp3) is 0.227. The highest BCUT2D eigenvalue weighted by atomic mass is 16.6. The molecule has 9 nitrogen and oxygen atoms in total. The van der Waals surface area contributed by atoms with Crippen LogP contribution in [-0.4, -0.2) is 33.2 Å². The van der Waals surface area contributed by atoms with E-state index in [-0.39, 0.29) is 5.69 Å². The number of anilines is 1. The van der Waals surface area contributed by atoms with E-state index in [9.17, 15) is 19.7 Å². The summed E-state index contributed by atoms with van der Waals surface area (Å²) in [5, 5.41) is 17.9. The maximum absolute atomic E-state index is 12.6. The first kappa shape index (κ1) is 21.7. The molecule has 0 atom stereocenters. The quantitative estimate of drug-likeness (QED) is 0.353. The van der Waals surface area contributed by atoms with Crippen molar-refractivity contribution in [1.29, 1.82) is 0 Å².